The maximum Gasteiger partial charge on any atom is 0.318 e. The number of aromatic nitrogens is 1. The van der Waals surface area contributed by atoms with E-state index in [-0.39, 0.29) is 17.3 Å². The van der Waals surface area contributed by atoms with Crippen LogP contribution in [0.2, 0.25) is 0 Å². The second-order valence-electron chi connectivity index (χ2n) is 10.9. The Morgan fingerprint density at radius 3 is 2.06 bits per heavy atom. The monoisotopic (exact) mass is 451 g/mol. The van der Waals surface area contributed by atoms with Crippen LogP contribution in [0.4, 0.5) is 0 Å². The summed E-state index contributed by atoms with van der Waals surface area (Å²) in [6.07, 6.45) is 7.99. The average molecular weight is 452 g/mol. The molecule has 1 aliphatic carbocycles. The van der Waals surface area contributed by atoms with Gasteiger partial charge in [-0.2, -0.15) is 0 Å². The van der Waals surface area contributed by atoms with Crippen LogP contribution in [0.25, 0.3) is 0 Å². The van der Waals surface area contributed by atoms with Gasteiger partial charge in [0.15, 0.2) is 5.92 Å². The zero-order valence-corrected chi connectivity index (χ0v) is 20.6. The highest BCUT2D eigenvalue weighted by molar-refractivity contribution is 5.93. The zero-order valence-electron chi connectivity index (χ0n) is 20.6. The highest BCUT2D eigenvalue weighted by Crippen LogP contribution is 2.46. The van der Waals surface area contributed by atoms with E-state index < -0.39 is 17.9 Å². The van der Waals surface area contributed by atoms with E-state index in [2.05, 4.69) is 51.7 Å². The molecule has 2 N–H and O–H groups in total. The van der Waals surface area contributed by atoms with E-state index in [0.717, 1.165) is 31.4 Å². The van der Waals surface area contributed by atoms with E-state index in [4.69, 9.17) is 10.2 Å². The third kappa shape index (κ3) is 5.82. The van der Waals surface area contributed by atoms with Gasteiger partial charge in [0.25, 0.3) is 0 Å². The molecule has 1 aromatic carbocycles. The largest absolute Gasteiger partial charge is 0.481 e. The molecular weight excluding hydrogens is 414 g/mol. The molecule has 0 saturated carbocycles. The Hall–Kier alpha value is -2.69. The minimum absolute atomic E-state index is 0.0529. The van der Waals surface area contributed by atoms with Crippen molar-refractivity contribution in [1.29, 1.82) is 0 Å². The summed E-state index contributed by atoms with van der Waals surface area (Å²) >= 11 is 0. The van der Waals surface area contributed by atoms with Crippen LogP contribution in [0.5, 0.6) is 0 Å². The van der Waals surface area contributed by atoms with Crippen molar-refractivity contribution in [2.75, 3.05) is 0 Å². The minimum Gasteiger partial charge on any atom is -0.481 e. The molecule has 0 fully saturated rings. The molecule has 0 unspecified atom stereocenters. The van der Waals surface area contributed by atoms with Gasteiger partial charge in [-0.05, 0) is 96.6 Å². The van der Waals surface area contributed by atoms with Crippen LogP contribution in [0, 0.1) is 12.8 Å². The zero-order chi connectivity index (χ0) is 24.4. The van der Waals surface area contributed by atoms with E-state index in [1.54, 1.807) is 12.3 Å². The van der Waals surface area contributed by atoms with Gasteiger partial charge in [-0.25, -0.2) is 0 Å². The molecule has 0 saturated heterocycles. The summed E-state index contributed by atoms with van der Waals surface area (Å²) in [5.41, 5.74) is 7.88. The van der Waals surface area contributed by atoms with Gasteiger partial charge in [0.2, 0.25) is 0 Å². The third-order valence-corrected chi connectivity index (χ3v) is 7.36. The van der Waals surface area contributed by atoms with Gasteiger partial charge in [-0.1, -0.05) is 45.9 Å². The second-order valence-corrected chi connectivity index (χ2v) is 10.9. The van der Waals surface area contributed by atoms with Crippen LogP contribution >= 0.6 is 0 Å². The van der Waals surface area contributed by atoms with Crippen molar-refractivity contribution in [3.63, 3.8) is 0 Å². The summed E-state index contributed by atoms with van der Waals surface area (Å²) in [7, 11) is 0. The van der Waals surface area contributed by atoms with Gasteiger partial charge in [-0.15, -0.1) is 0 Å². The normalized spacial score (nSPS) is 16.4. The third-order valence-electron chi connectivity index (χ3n) is 7.36. The number of carbonyl (C=O) groups is 2. The molecule has 1 aromatic heterocycles. The van der Waals surface area contributed by atoms with Crippen LogP contribution in [0.15, 0.2) is 30.5 Å². The van der Waals surface area contributed by atoms with Crippen LogP contribution in [0.1, 0.15) is 86.9 Å². The van der Waals surface area contributed by atoms with Crippen LogP contribution in [-0.4, -0.2) is 27.1 Å². The number of carboxylic acids is 2. The molecule has 0 radical (unpaired) electrons. The number of rotatable bonds is 9. The highest BCUT2D eigenvalue weighted by Gasteiger charge is 2.37. The summed E-state index contributed by atoms with van der Waals surface area (Å²) in [5, 5.41) is 18.1. The first-order chi connectivity index (χ1) is 15.4. The van der Waals surface area contributed by atoms with Crippen molar-refractivity contribution in [2.45, 2.75) is 90.4 Å². The fourth-order valence-corrected chi connectivity index (χ4v) is 4.90. The standard InChI is InChI=1S/C28H37NO4/c1-18-14-23-24(28(4,5)13-12-27(23,2)3)16-20(18)8-6-7-9-21-11-10-19(17-29-21)15-22(25(30)31)26(32)33/h10-11,14,16-17,22H,6-9,12-13,15H2,1-5H3,(H,30,31)(H,32,33). The lowest BCUT2D eigenvalue weighted by molar-refractivity contribution is -0.154. The number of aliphatic carboxylic acids is 2. The smallest absolute Gasteiger partial charge is 0.318 e. The number of pyridine rings is 1. The Balaban J connectivity index is 1.58. The molecule has 3 rings (SSSR count). The lowest BCUT2D eigenvalue weighted by Gasteiger charge is -2.42. The summed E-state index contributed by atoms with van der Waals surface area (Å²) < 4.78 is 0. The van der Waals surface area contributed by atoms with Crippen LogP contribution < -0.4 is 0 Å². The molecule has 5 nitrogen and oxygen atoms in total. The van der Waals surface area contributed by atoms with Gasteiger partial charge >= 0.3 is 11.9 Å². The van der Waals surface area contributed by atoms with E-state index in [9.17, 15) is 9.59 Å². The molecule has 1 aliphatic rings. The van der Waals surface area contributed by atoms with Gasteiger partial charge in [0.05, 0.1) is 0 Å². The molecule has 33 heavy (non-hydrogen) atoms. The fraction of sp³-hybridized carbons (Fsp3) is 0.536. The molecule has 2 aromatic rings. The second kappa shape index (κ2) is 9.66. The number of carboxylic acid groups (broad SMARTS) is 2. The molecule has 1 heterocycles. The molecule has 0 spiro atoms. The average Bonchev–Trinajstić information content (AvgIpc) is 2.74. The SMILES string of the molecule is Cc1cc2c(cc1CCCCc1ccc(CC(C(=O)O)C(=O)O)cn1)C(C)(C)CCC2(C)C. The van der Waals surface area contributed by atoms with Crippen molar-refractivity contribution in [3.8, 4) is 0 Å². The first-order valence-corrected chi connectivity index (χ1v) is 11.9. The van der Waals surface area contributed by atoms with Crippen LogP contribution in [-0.2, 0) is 39.7 Å². The van der Waals surface area contributed by atoms with Gasteiger partial charge in [0, 0.05) is 11.9 Å². The van der Waals surface area contributed by atoms with Crippen molar-refractivity contribution >= 4 is 11.9 Å². The Morgan fingerprint density at radius 1 is 0.939 bits per heavy atom. The Labute approximate surface area is 197 Å². The molecular formula is C28H37NO4. The summed E-state index contributed by atoms with van der Waals surface area (Å²) in [4.78, 5) is 26.6. The molecule has 0 aliphatic heterocycles. The Bertz CT molecular complexity index is 1010. The maximum absolute atomic E-state index is 11.1. The van der Waals surface area contributed by atoms with Gasteiger partial charge < -0.3 is 10.2 Å². The Kier molecular flexibility index (Phi) is 7.30. The predicted octanol–water partition coefficient (Wildman–Crippen LogP) is 5.63. The lowest BCUT2D eigenvalue weighted by atomic mass is 9.62. The molecule has 178 valence electrons. The number of hydrogen-bond acceptors (Lipinski definition) is 3. The number of fused-ring (bicyclic) bond motifs is 1. The highest BCUT2D eigenvalue weighted by atomic mass is 16.4. The fourth-order valence-electron chi connectivity index (χ4n) is 4.90. The van der Waals surface area contributed by atoms with E-state index in [0.29, 0.717) is 5.56 Å². The number of nitrogens with zero attached hydrogens (tertiary/aromatic N) is 1. The quantitative estimate of drug-likeness (QED) is 0.381. The minimum atomic E-state index is -1.44. The van der Waals surface area contributed by atoms with Crippen molar-refractivity contribution in [1.82, 2.24) is 4.98 Å². The molecule has 5 heteroatoms. The van der Waals surface area contributed by atoms with E-state index in [1.165, 1.54) is 35.1 Å². The van der Waals surface area contributed by atoms with Crippen LogP contribution in [0.3, 0.4) is 0 Å². The molecule has 0 amide bonds. The van der Waals surface area contributed by atoms with Gasteiger partial charge in [-0.3, -0.25) is 14.6 Å². The molecule has 0 bridgehead atoms. The Morgan fingerprint density at radius 2 is 1.52 bits per heavy atom. The first-order valence-electron chi connectivity index (χ1n) is 11.9. The van der Waals surface area contributed by atoms with Crippen molar-refractivity contribution in [3.05, 3.63) is 64.0 Å². The summed E-state index contributed by atoms with van der Waals surface area (Å²) in [6.45, 7) is 11.7. The maximum atomic E-state index is 11.1. The first kappa shape index (κ1) is 24.9. The summed E-state index contributed by atoms with van der Waals surface area (Å²) in [5.74, 6) is -4.08. The number of aryl methyl sites for hydroxylation is 3. The van der Waals surface area contributed by atoms with Crippen molar-refractivity contribution < 1.29 is 19.8 Å². The van der Waals surface area contributed by atoms with E-state index in [1.807, 2.05) is 6.07 Å². The van der Waals surface area contributed by atoms with Crippen molar-refractivity contribution in [2.24, 2.45) is 5.92 Å². The predicted molar refractivity (Wildman–Crippen MR) is 130 cm³/mol. The number of unbranched alkanes of at least 4 members (excludes halogenated alkanes) is 1. The topological polar surface area (TPSA) is 87.5 Å². The number of benzene rings is 1. The number of hydrogen-bond donors (Lipinski definition) is 2. The summed E-state index contributed by atoms with van der Waals surface area (Å²) in [6, 6.07) is 8.55. The van der Waals surface area contributed by atoms with Gasteiger partial charge in [0.1, 0.15) is 0 Å². The van der Waals surface area contributed by atoms with E-state index >= 15 is 0 Å². The lowest BCUT2D eigenvalue weighted by Crippen LogP contribution is -2.34. The molecule has 0 atom stereocenters.